The molecule has 21 heavy (non-hydrogen) atoms. The number of nitrogens with one attached hydrogen (secondary N) is 1. The average molecular weight is 350 g/mol. The van der Waals surface area contributed by atoms with E-state index in [0.29, 0.717) is 19.3 Å². The van der Waals surface area contributed by atoms with Crippen LogP contribution in [0.4, 0.5) is 0 Å². The van der Waals surface area contributed by atoms with Crippen molar-refractivity contribution in [2.24, 2.45) is 0 Å². The molecule has 1 N–H and O–H groups in total. The van der Waals surface area contributed by atoms with Crippen LogP contribution in [-0.4, -0.2) is 20.3 Å². The van der Waals surface area contributed by atoms with Gasteiger partial charge in [-0.3, -0.25) is 0 Å². The molecular weight excluding hydrogens is 330 g/mol. The zero-order chi connectivity index (χ0) is 15.1. The minimum absolute atomic E-state index is 0.347. The van der Waals surface area contributed by atoms with Crippen molar-refractivity contribution in [1.82, 2.24) is 5.32 Å². The summed E-state index contributed by atoms with van der Waals surface area (Å²) in [6.07, 6.45) is 0. The van der Waals surface area contributed by atoms with Gasteiger partial charge in [-0.25, -0.2) is 0 Å². The molecule has 0 heterocycles. The Labute approximate surface area is 134 Å². The van der Waals surface area contributed by atoms with E-state index in [1.807, 2.05) is 43.4 Å². The quantitative estimate of drug-likeness (QED) is 0.760. The molecule has 3 nitrogen and oxygen atoms in total. The molecule has 0 aliphatic heterocycles. The molecule has 0 fully saturated rings. The number of halogens is 1. The monoisotopic (exact) mass is 349 g/mol. The van der Waals surface area contributed by atoms with E-state index in [4.69, 9.17) is 9.47 Å². The van der Waals surface area contributed by atoms with Crippen LogP contribution in [0, 0.1) is 0 Å². The minimum atomic E-state index is 0.347. The zero-order valence-electron chi connectivity index (χ0n) is 12.3. The van der Waals surface area contributed by atoms with Gasteiger partial charge in [0.15, 0.2) is 0 Å². The van der Waals surface area contributed by atoms with Gasteiger partial charge in [0.05, 0.1) is 0 Å². The molecule has 0 aliphatic rings. The molecule has 2 aromatic carbocycles. The molecule has 2 rings (SSSR count). The molecule has 1 atom stereocenters. The van der Waals surface area contributed by atoms with E-state index >= 15 is 0 Å². The van der Waals surface area contributed by atoms with Crippen molar-refractivity contribution < 1.29 is 9.47 Å². The maximum atomic E-state index is 5.67. The molecule has 112 valence electrons. The van der Waals surface area contributed by atoms with Gasteiger partial charge in [0, 0.05) is 10.5 Å². The molecule has 0 spiro atoms. The summed E-state index contributed by atoms with van der Waals surface area (Å²) >= 11 is 3.39. The van der Waals surface area contributed by atoms with E-state index in [-0.39, 0.29) is 0 Å². The number of benzene rings is 2. The van der Waals surface area contributed by atoms with Gasteiger partial charge < -0.3 is 14.8 Å². The highest BCUT2D eigenvalue weighted by Gasteiger charge is 2.02. The lowest BCUT2D eigenvalue weighted by atomic mass is 10.1. The first-order chi connectivity index (χ1) is 10.2. The van der Waals surface area contributed by atoms with Crippen LogP contribution >= 0.6 is 15.9 Å². The predicted octanol–water partition coefficient (Wildman–Crippen LogP) is 4.19. The molecule has 1 unspecified atom stereocenters. The molecule has 0 amide bonds. The molecule has 0 bridgehead atoms. The molecule has 0 radical (unpaired) electrons. The van der Waals surface area contributed by atoms with Crippen LogP contribution in [0.5, 0.6) is 11.5 Å². The maximum absolute atomic E-state index is 5.67. The topological polar surface area (TPSA) is 30.5 Å². The van der Waals surface area contributed by atoms with Crippen LogP contribution in [0.3, 0.4) is 0 Å². The van der Waals surface area contributed by atoms with E-state index < -0.39 is 0 Å². The van der Waals surface area contributed by atoms with Crippen molar-refractivity contribution in [3.8, 4) is 11.5 Å². The standard InChI is InChI=1S/C17H20BrNO2/c1-13(19-2)14-3-7-16(8-4-14)20-11-12-21-17-9-5-15(18)6-10-17/h3-10,13,19H,11-12H2,1-2H3. The van der Waals surface area contributed by atoms with Crippen LogP contribution in [0.15, 0.2) is 53.0 Å². The summed E-state index contributed by atoms with van der Waals surface area (Å²) in [5.41, 5.74) is 1.25. The third kappa shape index (κ3) is 5.06. The SMILES string of the molecule is CNC(C)c1ccc(OCCOc2ccc(Br)cc2)cc1. The first kappa shape index (κ1) is 15.9. The Balaban J connectivity index is 1.74. The van der Waals surface area contributed by atoms with E-state index in [1.54, 1.807) is 0 Å². The average Bonchev–Trinajstić information content (AvgIpc) is 2.53. The van der Waals surface area contributed by atoms with E-state index in [0.717, 1.165) is 16.0 Å². The molecule has 2 aromatic rings. The van der Waals surface area contributed by atoms with Crippen molar-refractivity contribution in [2.75, 3.05) is 20.3 Å². The molecule has 0 aromatic heterocycles. The second-order valence-corrected chi connectivity index (χ2v) is 5.65. The number of hydrogen-bond donors (Lipinski definition) is 1. The fraction of sp³-hybridized carbons (Fsp3) is 0.294. The van der Waals surface area contributed by atoms with Crippen molar-refractivity contribution in [3.63, 3.8) is 0 Å². The summed E-state index contributed by atoms with van der Waals surface area (Å²) in [6.45, 7) is 3.18. The largest absolute Gasteiger partial charge is 0.490 e. The Hall–Kier alpha value is -1.52. The molecule has 0 saturated heterocycles. The van der Waals surface area contributed by atoms with Gasteiger partial charge in [-0.15, -0.1) is 0 Å². The number of ether oxygens (including phenoxy) is 2. The number of rotatable bonds is 7. The van der Waals surface area contributed by atoms with Gasteiger partial charge in [-0.2, -0.15) is 0 Å². The Bertz CT molecular complexity index is 540. The van der Waals surface area contributed by atoms with Crippen LogP contribution in [0.1, 0.15) is 18.5 Å². The third-order valence-corrected chi connectivity index (χ3v) is 3.78. The maximum Gasteiger partial charge on any atom is 0.122 e. The van der Waals surface area contributed by atoms with E-state index in [2.05, 4.69) is 40.3 Å². The van der Waals surface area contributed by atoms with Crippen molar-refractivity contribution in [1.29, 1.82) is 0 Å². The first-order valence-electron chi connectivity index (χ1n) is 6.97. The van der Waals surface area contributed by atoms with Gasteiger partial charge in [-0.05, 0) is 55.9 Å². The highest BCUT2D eigenvalue weighted by molar-refractivity contribution is 9.10. The summed E-state index contributed by atoms with van der Waals surface area (Å²) in [4.78, 5) is 0. The van der Waals surface area contributed by atoms with Gasteiger partial charge in [0.25, 0.3) is 0 Å². The Kier molecular flexibility index (Phi) is 6.08. The van der Waals surface area contributed by atoms with Crippen LogP contribution in [-0.2, 0) is 0 Å². The lowest BCUT2D eigenvalue weighted by Gasteiger charge is -2.12. The van der Waals surface area contributed by atoms with Gasteiger partial charge in [-0.1, -0.05) is 28.1 Å². The lowest BCUT2D eigenvalue weighted by molar-refractivity contribution is 0.217. The normalized spacial score (nSPS) is 12.0. The summed E-state index contributed by atoms with van der Waals surface area (Å²) in [5.74, 6) is 1.71. The van der Waals surface area contributed by atoms with Gasteiger partial charge in [0.1, 0.15) is 24.7 Å². The Morgan fingerprint density at radius 3 is 1.86 bits per heavy atom. The molecule has 0 saturated carbocycles. The predicted molar refractivity (Wildman–Crippen MR) is 89.0 cm³/mol. The second kappa shape index (κ2) is 8.05. The molecular formula is C17H20BrNO2. The zero-order valence-corrected chi connectivity index (χ0v) is 13.9. The van der Waals surface area contributed by atoms with Crippen molar-refractivity contribution in [2.45, 2.75) is 13.0 Å². The van der Waals surface area contributed by atoms with Crippen LogP contribution in [0.2, 0.25) is 0 Å². The fourth-order valence-electron chi connectivity index (χ4n) is 1.87. The van der Waals surface area contributed by atoms with Crippen LogP contribution < -0.4 is 14.8 Å². The first-order valence-corrected chi connectivity index (χ1v) is 7.77. The van der Waals surface area contributed by atoms with Crippen molar-refractivity contribution in [3.05, 3.63) is 58.6 Å². The highest BCUT2D eigenvalue weighted by Crippen LogP contribution is 2.18. The lowest BCUT2D eigenvalue weighted by Crippen LogP contribution is -2.12. The Morgan fingerprint density at radius 2 is 1.38 bits per heavy atom. The summed E-state index contributed by atoms with van der Waals surface area (Å²) in [5, 5.41) is 3.21. The molecule has 4 heteroatoms. The Morgan fingerprint density at radius 1 is 0.905 bits per heavy atom. The second-order valence-electron chi connectivity index (χ2n) is 4.73. The van der Waals surface area contributed by atoms with Gasteiger partial charge >= 0.3 is 0 Å². The van der Waals surface area contributed by atoms with Gasteiger partial charge in [0.2, 0.25) is 0 Å². The van der Waals surface area contributed by atoms with E-state index in [9.17, 15) is 0 Å². The van der Waals surface area contributed by atoms with Crippen molar-refractivity contribution >= 4 is 15.9 Å². The summed E-state index contributed by atoms with van der Waals surface area (Å²) < 4.78 is 12.3. The minimum Gasteiger partial charge on any atom is -0.490 e. The summed E-state index contributed by atoms with van der Waals surface area (Å²) in [6, 6.07) is 16.2. The number of hydrogen-bond acceptors (Lipinski definition) is 3. The third-order valence-electron chi connectivity index (χ3n) is 3.25. The fourth-order valence-corrected chi connectivity index (χ4v) is 2.13. The van der Waals surface area contributed by atoms with Crippen LogP contribution in [0.25, 0.3) is 0 Å². The summed E-state index contributed by atoms with van der Waals surface area (Å²) in [7, 11) is 1.95. The molecule has 0 aliphatic carbocycles. The smallest absolute Gasteiger partial charge is 0.122 e. The van der Waals surface area contributed by atoms with E-state index in [1.165, 1.54) is 5.56 Å². The highest BCUT2D eigenvalue weighted by atomic mass is 79.9.